The second kappa shape index (κ2) is 13.0. The van der Waals surface area contributed by atoms with Gasteiger partial charge < -0.3 is 20.5 Å². The van der Waals surface area contributed by atoms with Gasteiger partial charge in [0.1, 0.15) is 17.2 Å². The van der Waals surface area contributed by atoms with Gasteiger partial charge in [0.2, 0.25) is 5.91 Å². The first-order valence-corrected chi connectivity index (χ1v) is 14.4. The van der Waals surface area contributed by atoms with Crippen LogP contribution in [0.2, 0.25) is 0 Å². The molecule has 2 atom stereocenters. The lowest BCUT2D eigenvalue weighted by atomic mass is 10.1. The SMILES string of the molecule is CC(=O)NCCNc1nc(-c2ccccc2)nc2[nH]c(C(=O)N3C[C@H](C)N(CCCc4ccccc4)C[C@H]3C)cc12. The molecule has 2 aromatic carbocycles. The van der Waals surface area contributed by atoms with Crippen molar-refractivity contribution in [2.45, 2.75) is 45.7 Å². The summed E-state index contributed by atoms with van der Waals surface area (Å²) in [5.41, 5.74) is 3.35. The fourth-order valence-corrected chi connectivity index (χ4v) is 5.47. The van der Waals surface area contributed by atoms with Gasteiger partial charge in [-0.3, -0.25) is 14.5 Å². The highest BCUT2D eigenvalue weighted by Crippen LogP contribution is 2.27. The lowest BCUT2D eigenvalue weighted by Gasteiger charge is -2.44. The van der Waals surface area contributed by atoms with Crippen molar-refractivity contribution in [1.29, 1.82) is 0 Å². The van der Waals surface area contributed by atoms with Gasteiger partial charge in [-0.1, -0.05) is 60.7 Å². The normalized spacial score (nSPS) is 17.5. The molecule has 0 radical (unpaired) electrons. The van der Waals surface area contributed by atoms with E-state index in [0.717, 1.165) is 36.9 Å². The monoisotopic (exact) mass is 553 g/mol. The fourth-order valence-electron chi connectivity index (χ4n) is 5.47. The number of carbonyl (C=O) groups excluding carboxylic acids is 2. The molecule has 9 heteroatoms. The third kappa shape index (κ3) is 6.92. The number of piperazine rings is 1. The number of H-pyrrole nitrogens is 1. The first-order valence-electron chi connectivity index (χ1n) is 14.4. The van der Waals surface area contributed by atoms with Gasteiger partial charge in [-0.15, -0.1) is 0 Å². The van der Waals surface area contributed by atoms with E-state index >= 15 is 0 Å². The molecule has 1 fully saturated rings. The molecule has 0 aliphatic carbocycles. The fraction of sp³-hybridized carbons (Fsp3) is 0.375. The van der Waals surface area contributed by atoms with Crippen molar-refractivity contribution in [3.05, 3.63) is 78.0 Å². The van der Waals surface area contributed by atoms with E-state index < -0.39 is 0 Å². The molecule has 3 N–H and O–H groups in total. The Hall–Kier alpha value is -4.24. The minimum Gasteiger partial charge on any atom is -0.368 e. The maximum Gasteiger partial charge on any atom is 0.270 e. The van der Waals surface area contributed by atoms with Crippen LogP contribution in [0.1, 0.15) is 43.2 Å². The summed E-state index contributed by atoms with van der Waals surface area (Å²) in [6, 6.07) is 22.5. The summed E-state index contributed by atoms with van der Waals surface area (Å²) in [4.78, 5) is 42.4. The predicted octanol–water partition coefficient (Wildman–Crippen LogP) is 4.34. The van der Waals surface area contributed by atoms with Crippen molar-refractivity contribution in [3.8, 4) is 11.4 Å². The largest absolute Gasteiger partial charge is 0.368 e. The van der Waals surface area contributed by atoms with E-state index in [9.17, 15) is 9.59 Å². The maximum absolute atomic E-state index is 13.8. The van der Waals surface area contributed by atoms with Crippen molar-refractivity contribution < 1.29 is 9.59 Å². The van der Waals surface area contributed by atoms with Crippen LogP contribution in [0.5, 0.6) is 0 Å². The lowest BCUT2D eigenvalue weighted by molar-refractivity contribution is -0.118. The molecule has 41 heavy (non-hydrogen) atoms. The summed E-state index contributed by atoms with van der Waals surface area (Å²) in [7, 11) is 0. The number of aromatic amines is 1. The molecule has 0 saturated carbocycles. The summed E-state index contributed by atoms with van der Waals surface area (Å²) in [6.07, 6.45) is 2.15. The molecule has 9 nitrogen and oxygen atoms in total. The molecule has 0 unspecified atom stereocenters. The van der Waals surface area contributed by atoms with E-state index in [1.54, 1.807) is 0 Å². The predicted molar refractivity (Wildman–Crippen MR) is 163 cm³/mol. The molecule has 3 heterocycles. The molecule has 1 aliphatic heterocycles. The molecule has 0 bridgehead atoms. The zero-order valence-electron chi connectivity index (χ0n) is 24.1. The van der Waals surface area contributed by atoms with E-state index in [1.807, 2.05) is 41.3 Å². The molecule has 1 aliphatic rings. The van der Waals surface area contributed by atoms with Gasteiger partial charge in [0, 0.05) is 50.7 Å². The average Bonchev–Trinajstić information content (AvgIpc) is 3.42. The molecule has 2 aromatic heterocycles. The number of nitrogens with one attached hydrogen (secondary N) is 3. The van der Waals surface area contributed by atoms with E-state index in [4.69, 9.17) is 9.97 Å². The van der Waals surface area contributed by atoms with E-state index in [2.05, 4.69) is 64.7 Å². The van der Waals surface area contributed by atoms with Gasteiger partial charge >= 0.3 is 0 Å². The van der Waals surface area contributed by atoms with E-state index in [-0.39, 0.29) is 23.9 Å². The Balaban J connectivity index is 1.31. The van der Waals surface area contributed by atoms with Gasteiger partial charge in [-0.05, 0) is 44.9 Å². The Morgan fingerprint density at radius 2 is 1.68 bits per heavy atom. The standard InChI is InChI=1S/C32H39N7O2/c1-22-21-39(23(2)20-38(22)18-10-13-25-11-6-4-7-12-25)32(41)28-19-27-30(34-17-16-33-24(3)40)36-29(37-31(27)35-28)26-14-8-5-9-15-26/h4-9,11-12,14-15,19,22-23H,10,13,16-18,20-21H2,1-3H3,(H,33,40)(H2,34,35,36,37)/t22-,23+/m0/s1. The number of hydrogen-bond donors (Lipinski definition) is 3. The highest BCUT2D eigenvalue weighted by atomic mass is 16.2. The van der Waals surface area contributed by atoms with Crippen molar-refractivity contribution >= 4 is 28.7 Å². The van der Waals surface area contributed by atoms with Gasteiger partial charge in [0.05, 0.1) is 5.39 Å². The minimum absolute atomic E-state index is 0.0308. The Morgan fingerprint density at radius 3 is 2.41 bits per heavy atom. The Labute approximate surface area is 241 Å². The molecule has 4 aromatic rings. The van der Waals surface area contributed by atoms with Gasteiger partial charge in [-0.2, -0.15) is 0 Å². The van der Waals surface area contributed by atoms with Crippen molar-refractivity contribution in [2.24, 2.45) is 0 Å². The van der Waals surface area contributed by atoms with Crippen LogP contribution in [0.15, 0.2) is 66.7 Å². The molecule has 214 valence electrons. The number of nitrogens with zero attached hydrogens (tertiary/aromatic N) is 4. The number of amides is 2. The molecular formula is C32H39N7O2. The number of hydrogen-bond acceptors (Lipinski definition) is 6. The Morgan fingerprint density at radius 1 is 0.951 bits per heavy atom. The van der Waals surface area contributed by atoms with Gasteiger partial charge in [0.25, 0.3) is 5.91 Å². The van der Waals surface area contributed by atoms with Crippen LogP contribution in [0, 0.1) is 0 Å². The molecule has 5 rings (SSSR count). The maximum atomic E-state index is 13.8. The Bertz CT molecular complexity index is 1470. The molecule has 2 amide bonds. The summed E-state index contributed by atoms with van der Waals surface area (Å²) < 4.78 is 0. The lowest BCUT2D eigenvalue weighted by Crippen LogP contribution is -2.58. The van der Waals surface area contributed by atoms with Crippen LogP contribution in [-0.4, -0.2) is 81.4 Å². The Kier molecular flexibility index (Phi) is 8.94. The average molecular weight is 554 g/mol. The first kappa shape index (κ1) is 28.3. The van der Waals surface area contributed by atoms with Crippen molar-refractivity contribution in [2.75, 3.05) is 38.0 Å². The van der Waals surface area contributed by atoms with Crippen LogP contribution in [0.4, 0.5) is 5.82 Å². The van der Waals surface area contributed by atoms with Crippen LogP contribution in [0.25, 0.3) is 22.4 Å². The summed E-state index contributed by atoms with van der Waals surface area (Å²) in [6.45, 7) is 9.30. The van der Waals surface area contributed by atoms with Crippen LogP contribution in [0.3, 0.4) is 0 Å². The number of aromatic nitrogens is 3. The number of aryl methyl sites for hydroxylation is 1. The smallest absolute Gasteiger partial charge is 0.270 e. The van der Waals surface area contributed by atoms with Gasteiger partial charge in [0.15, 0.2) is 5.82 Å². The van der Waals surface area contributed by atoms with E-state index in [0.29, 0.717) is 42.6 Å². The second-order valence-electron chi connectivity index (χ2n) is 10.9. The number of carbonyl (C=O) groups is 2. The number of fused-ring (bicyclic) bond motifs is 1. The minimum atomic E-state index is -0.0845. The van der Waals surface area contributed by atoms with Crippen LogP contribution >= 0.6 is 0 Å². The summed E-state index contributed by atoms with van der Waals surface area (Å²) >= 11 is 0. The topological polar surface area (TPSA) is 106 Å². The zero-order chi connectivity index (χ0) is 28.8. The van der Waals surface area contributed by atoms with Crippen molar-refractivity contribution in [3.63, 3.8) is 0 Å². The number of anilines is 1. The van der Waals surface area contributed by atoms with Crippen LogP contribution in [-0.2, 0) is 11.2 Å². The third-order valence-corrected chi connectivity index (χ3v) is 7.67. The quantitative estimate of drug-likeness (QED) is 0.252. The highest BCUT2D eigenvalue weighted by molar-refractivity contribution is 6.00. The third-order valence-electron chi connectivity index (χ3n) is 7.67. The number of benzene rings is 2. The van der Waals surface area contributed by atoms with E-state index in [1.165, 1.54) is 12.5 Å². The second-order valence-corrected chi connectivity index (χ2v) is 10.9. The first-order chi connectivity index (χ1) is 19.9. The molecular weight excluding hydrogens is 514 g/mol. The van der Waals surface area contributed by atoms with Crippen molar-refractivity contribution in [1.82, 2.24) is 30.1 Å². The zero-order valence-corrected chi connectivity index (χ0v) is 24.1. The summed E-state index contributed by atoms with van der Waals surface area (Å²) in [5.74, 6) is 1.07. The molecule has 0 spiro atoms. The highest BCUT2D eigenvalue weighted by Gasteiger charge is 2.33. The van der Waals surface area contributed by atoms with Gasteiger partial charge in [-0.25, -0.2) is 9.97 Å². The van der Waals surface area contributed by atoms with Crippen LogP contribution < -0.4 is 10.6 Å². The summed E-state index contributed by atoms with van der Waals surface area (Å²) in [5, 5.41) is 6.86. The number of rotatable bonds is 10. The molecule has 1 saturated heterocycles.